The number of aryl methyl sites for hydroxylation is 1. The number of anilines is 1. The molecule has 2 N–H and O–H groups in total. The number of amides is 2. The van der Waals surface area contributed by atoms with Crippen LogP contribution in [0, 0.1) is 6.92 Å². The fourth-order valence-electron chi connectivity index (χ4n) is 2.05. The van der Waals surface area contributed by atoms with Crippen LogP contribution in [0.4, 0.5) is 5.69 Å². The van der Waals surface area contributed by atoms with Crippen molar-refractivity contribution in [2.75, 3.05) is 11.9 Å². The number of nitrogens with one attached hydrogen (secondary N) is 2. The maximum atomic E-state index is 12.0. The van der Waals surface area contributed by atoms with E-state index in [9.17, 15) is 14.4 Å². The molecule has 2 amide bonds. The quantitative estimate of drug-likeness (QED) is 0.751. The molecular formula is C18H20N2O5. The molecule has 1 aromatic carbocycles. The van der Waals surface area contributed by atoms with Crippen LogP contribution in [-0.4, -0.2) is 30.4 Å². The van der Waals surface area contributed by atoms with E-state index in [-0.39, 0.29) is 18.7 Å². The smallest absolute Gasteiger partial charge is 0.308 e. The van der Waals surface area contributed by atoms with Crippen LogP contribution in [0.5, 0.6) is 0 Å². The Bertz CT molecular complexity index is 740. The molecule has 0 saturated carbocycles. The van der Waals surface area contributed by atoms with Gasteiger partial charge in [-0.25, -0.2) is 0 Å². The molecule has 7 nitrogen and oxygen atoms in total. The maximum absolute atomic E-state index is 12.0. The van der Waals surface area contributed by atoms with Gasteiger partial charge in [-0.05, 0) is 43.7 Å². The molecule has 132 valence electrons. The number of benzene rings is 1. The van der Waals surface area contributed by atoms with Gasteiger partial charge in [-0.1, -0.05) is 12.1 Å². The molecule has 0 saturated heterocycles. The number of carbonyl (C=O) groups is 3. The van der Waals surface area contributed by atoms with Crippen molar-refractivity contribution < 1.29 is 23.5 Å². The summed E-state index contributed by atoms with van der Waals surface area (Å²) >= 11 is 0. The number of hydrogen-bond donors (Lipinski definition) is 2. The lowest BCUT2D eigenvalue weighted by Crippen LogP contribution is -2.32. The normalized spacial score (nSPS) is 11.4. The first-order chi connectivity index (χ1) is 12.0. The molecular weight excluding hydrogens is 324 g/mol. The molecule has 0 bridgehead atoms. The zero-order valence-electron chi connectivity index (χ0n) is 14.1. The maximum Gasteiger partial charge on any atom is 0.308 e. The van der Waals surface area contributed by atoms with Crippen LogP contribution in [0.1, 0.15) is 29.5 Å². The highest BCUT2D eigenvalue weighted by molar-refractivity contribution is 5.95. The molecule has 0 aliphatic carbocycles. The van der Waals surface area contributed by atoms with Crippen molar-refractivity contribution in [2.24, 2.45) is 0 Å². The number of rotatable bonds is 7. The lowest BCUT2D eigenvalue weighted by atomic mass is 10.2. The van der Waals surface area contributed by atoms with Crippen molar-refractivity contribution in [3.63, 3.8) is 0 Å². The van der Waals surface area contributed by atoms with Crippen LogP contribution in [0.3, 0.4) is 0 Å². The summed E-state index contributed by atoms with van der Waals surface area (Å²) in [7, 11) is 0. The molecule has 0 spiro atoms. The predicted molar refractivity (Wildman–Crippen MR) is 91.0 cm³/mol. The van der Waals surface area contributed by atoms with Gasteiger partial charge in [0.25, 0.3) is 11.8 Å². The van der Waals surface area contributed by atoms with Gasteiger partial charge in [0.15, 0.2) is 11.9 Å². The lowest BCUT2D eigenvalue weighted by Gasteiger charge is -2.14. The van der Waals surface area contributed by atoms with E-state index in [0.29, 0.717) is 5.69 Å². The van der Waals surface area contributed by atoms with Crippen molar-refractivity contribution in [3.05, 3.63) is 54.0 Å². The minimum Gasteiger partial charge on any atom is -0.459 e. The fraction of sp³-hybridized carbons (Fsp3) is 0.278. The minimum atomic E-state index is -0.936. The zero-order chi connectivity index (χ0) is 18.2. The van der Waals surface area contributed by atoms with E-state index >= 15 is 0 Å². The Hall–Kier alpha value is -3.09. The number of furan rings is 1. The van der Waals surface area contributed by atoms with E-state index in [4.69, 9.17) is 9.15 Å². The third-order valence-corrected chi connectivity index (χ3v) is 3.32. The van der Waals surface area contributed by atoms with Crippen molar-refractivity contribution in [3.8, 4) is 0 Å². The van der Waals surface area contributed by atoms with Gasteiger partial charge in [0, 0.05) is 12.2 Å². The molecule has 2 rings (SSSR count). The van der Waals surface area contributed by atoms with Gasteiger partial charge < -0.3 is 19.8 Å². The molecule has 25 heavy (non-hydrogen) atoms. The summed E-state index contributed by atoms with van der Waals surface area (Å²) in [6.45, 7) is 3.49. The highest BCUT2D eigenvalue weighted by Gasteiger charge is 2.18. The topological polar surface area (TPSA) is 97.6 Å². The first kappa shape index (κ1) is 18.3. The van der Waals surface area contributed by atoms with Crippen LogP contribution in [-0.2, 0) is 14.3 Å². The van der Waals surface area contributed by atoms with Crippen LogP contribution in [0.25, 0.3) is 0 Å². The van der Waals surface area contributed by atoms with Crippen LogP contribution >= 0.6 is 0 Å². The number of esters is 1. The molecule has 2 aromatic rings. The van der Waals surface area contributed by atoms with Crippen LogP contribution in [0.2, 0.25) is 0 Å². The summed E-state index contributed by atoms with van der Waals surface area (Å²) in [6, 6.07) is 10.4. The minimum absolute atomic E-state index is 0.0471. The first-order valence-electron chi connectivity index (χ1n) is 7.84. The van der Waals surface area contributed by atoms with Crippen molar-refractivity contribution in [2.45, 2.75) is 26.4 Å². The fourth-order valence-corrected chi connectivity index (χ4v) is 2.05. The predicted octanol–water partition coefficient (Wildman–Crippen LogP) is 2.28. The van der Waals surface area contributed by atoms with E-state index in [2.05, 4.69) is 10.6 Å². The summed E-state index contributed by atoms with van der Waals surface area (Å²) in [6.07, 6.45) is 0.403. The van der Waals surface area contributed by atoms with E-state index in [1.807, 2.05) is 25.1 Å². The van der Waals surface area contributed by atoms with E-state index in [1.165, 1.54) is 19.3 Å². The van der Waals surface area contributed by atoms with E-state index in [1.54, 1.807) is 12.1 Å². The molecule has 0 unspecified atom stereocenters. The molecule has 0 radical (unpaired) electrons. The van der Waals surface area contributed by atoms with Gasteiger partial charge in [-0.2, -0.15) is 0 Å². The van der Waals surface area contributed by atoms with Gasteiger partial charge in [0.2, 0.25) is 0 Å². The number of carbonyl (C=O) groups excluding carboxylic acids is 3. The summed E-state index contributed by atoms with van der Waals surface area (Å²) in [5.74, 6) is -1.24. The van der Waals surface area contributed by atoms with Crippen molar-refractivity contribution in [1.82, 2.24) is 5.32 Å². The van der Waals surface area contributed by atoms with Crippen molar-refractivity contribution in [1.29, 1.82) is 0 Å². The van der Waals surface area contributed by atoms with Crippen molar-refractivity contribution >= 4 is 23.5 Å². The summed E-state index contributed by atoms with van der Waals surface area (Å²) < 4.78 is 9.99. The number of ether oxygens (including phenoxy) is 1. The second-order valence-corrected chi connectivity index (χ2v) is 5.47. The van der Waals surface area contributed by atoms with E-state index < -0.39 is 23.9 Å². The average Bonchev–Trinajstić information content (AvgIpc) is 3.09. The summed E-state index contributed by atoms with van der Waals surface area (Å²) in [4.78, 5) is 35.4. The standard InChI is InChI=1S/C18H20N2O5/c1-12-5-3-6-14(11-12)20-17(22)13(2)25-16(21)8-9-19-18(23)15-7-4-10-24-15/h3-7,10-11,13H,8-9H2,1-2H3,(H,19,23)(H,20,22)/t13-/m1/s1. The molecule has 7 heteroatoms. The third-order valence-electron chi connectivity index (χ3n) is 3.32. The second kappa shape index (κ2) is 8.68. The van der Waals surface area contributed by atoms with Gasteiger partial charge in [0.05, 0.1) is 12.7 Å². The monoisotopic (exact) mass is 344 g/mol. The largest absolute Gasteiger partial charge is 0.459 e. The van der Waals surface area contributed by atoms with Gasteiger partial charge in [-0.3, -0.25) is 14.4 Å². The summed E-state index contributed by atoms with van der Waals surface area (Å²) in [5.41, 5.74) is 1.65. The van der Waals surface area contributed by atoms with Gasteiger partial charge >= 0.3 is 5.97 Å². The number of hydrogen-bond acceptors (Lipinski definition) is 5. The SMILES string of the molecule is Cc1cccc(NC(=O)[C@@H](C)OC(=O)CCNC(=O)c2ccco2)c1. The lowest BCUT2D eigenvalue weighted by molar-refractivity contribution is -0.153. The highest BCUT2D eigenvalue weighted by Crippen LogP contribution is 2.10. The Labute approximate surface area is 145 Å². The molecule has 1 atom stereocenters. The molecule has 0 fully saturated rings. The average molecular weight is 344 g/mol. The zero-order valence-corrected chi connectivity index (χ0v) is 14.1. The van der Waals surface area contributed by atoms with Crippen LogP contribution in [0.15, 0.2) is 47.1 Å². The Morgan fingerprint density at radius 3 is 2.68 bits per heavy atom. The molecule has 0 aliphatic heterocycles. The Kier molecular flexibility index (Phi) is 6.33. The Morgan fingerprint density at radius 2 is 2.00 bits per heavy atom. The van der Waals surface area contributed by atoms with E-state index in [0.717, 1.165) is 5.56 Å². The van der Waals surface area contributed by atoms with Gasteiger partial charge in [0.1, 0.15) is 0 Å². The summed E-state index contributed by atoms with van der Waals surface area (Å²) in [5, 5.41) is 5.21. The molecule has 0 aliphatic rings. The van der Waals surface area contributed by atoms with Crippen LogP contribution < -0.4 is 10.6 Å². The highest BCUT2D eigenvalue weighted by atomic mass is 16.5. The second-order valence-electron chi connectivity index (χ2n) is 5.47. The first-order valence-corrected chi connectivity index (χ1v) is 7.84. The third kappa shape index (κ3) is 5.80. The molecule has 1 heterocycles. The Morgan fingerprint density at radius 1 is 1.20 bits per heavy atom. The molecule has 1 aromatic heterocycles. The van der Waals surface area contributed by atoms with Gasteiger partial charge in [-0.15, -0.1) is 0 Å². The Balaban J connectivity index is 1.72.